The molecule has 1 saturated carbocycles. The Kier molecular flexibility index (Phi) is 7.70. The molecule has 1 aliphatic rings. The van der Waals surface area contributed by atoms with Gasteiger partial charge in [0.1, 0.15) is 18.4 Å². The van der Waals surface area contributed by atoms with Crippen LogP contribution in [-0.2, 0) is 13.1 Å². The maximum atomic E-state index is 6.06. The van der Waals surface area contributed by atoms with Gasteiger partial charge in [-0.15, -0.1) is 10.2 Å². The van der Waals surface area contributed by atoms with E-state index in [1.54, 1.807) is 12.7 Å². The zero-order chi connectivity index (χ0) is 19.6. The van der Waals surface area contributed by atoms with Crippen molar-refractivity contribution in [1.82, 2.24) is 25.4 Å². The van der Waals surface area contributed by atoms with Gasteiger partial charge in [-0.2, -0.15) is 0 Å². The first-order valence-electron chi connectivity index (χ1n) is 10.3. The highest BCUT2D eigenvalue weighted by Gasteiger charge is 2.22. The van der Waals surface area contributed by atoms with Crippen LogP contribution >= 0.6 is 0 Å². The summed E-state index contributed by atoms with van der Waals surface area (Å²) in [5.74, 6) is 2.56. The lowest BCUT2D eigenvalue weighted by Gasteiger charge is -2.13. The van der Waals surface area contributed by atoms with Crippen LogP contribution in [0.4, 0.5) is 0 Å². The third kappa shape index (κ3) is 6.87. The Morgan fingerprint density at radius 1 is 1.21 bits per heavy atom. The standard InChI is InChI=1S/C21H32N6O/c1-3-22-21(23-10-4-5-11-27-15-25-26-16-27)24-13-19-9-6-17(2)12-20(19)28-14-18-7-8-18/h6,9,12,15-16,18H,3-5,7-8,10-11,13-14H2,1-2H3,(H2,22,23,24). The minimum absolute atomic E-state index is 0.607. The molecule has 1 aromatic heterocycles. The van der Waals surface area contributed by atoms with Crippen molar-refractivity contribution in [1.29, 1.82) is 0 Å². The van der Waals surface area contributed by atoms with Gasteiger partial charge >= 0.3 is 0 Å². The second-order valence-electron chi connectivity index (χ2n) is 7.39. The molecule has 0 atom stereocenters. The van der Waals surface area contributed by atoms with Crippen molar-refractivity contribution in [3.8, 4) is 5.75 Å². The summed E-state index contributed by atoms with van der Waals surface area (Å²) in [6, 6.07) is 6.38. The molecule has 1 heterocycles. The zero-order valence-corrected chi connectivity index (χ0v) is 17.0. The number of hydrogen-bond donors (Lipinski definition) is 2. The summed E-state index contributed by atoms with van der Waals surface area (Å²) in [7, 11) is 0. The fourth-order valence-electron chi connectivity index (χ4n) is 2.89. The van der Waals surface area contributed by atoms with Gasteiger partial charge in [0, 0.05) is 25.2 Å². The van der Waals surface area contributed by atoms with Crippen LogP contribution in [0.15, 0.2) is 35.8 Å². The molecule has 0 amide bonds. The Morgan fingerprint density at radius 2 is 2.04 bits per heavy atom. The smallest absolute Gasteiger partial charge is 0.191 e. The van der Waals surface area contributed by atoms with Crippen LogP contribution in [-0.4, -0.2) is 40.4 Å². The molecule has 0 saturated heterocycles. The zero-order valence-electron chi connectivity index (χ0n) is 17.0. The van der Waals surface area contributed by atoms with Gasteiger partial charge in [-0.25, -0.2) is 4.99 Å². The van der Waals surface area contributed by atoms with Gasteiger partial charge in [0.25, 0.3) is 0 Å². The molecular weight excluding hydrogens is 352 g/mol. The lowest BCUT2D eigenvalue weighted by atomic mass is 10.1. The first kappa shape index (κ1) is 20.2. The van der Waals surface area contributed by atoms with Crippen molar-refractivity contribution >= 4 is 5.96 Å². The molecule has 0 unspecified atom stereocenters. The average Bonchev–Trinajstić information content (AvgIpc) is 3.38. The minimum atomic E-state index is 0.607. The molecule has 0 radical (unpaired) electrons. The van der Waals surface area contributed by atoms with Crippen molar-refractivity contribution < 1.29 is 4.74 Å². The molecule has 1 aliphatic carbocycles. The predicted molar refractivity (Wildman–Crippen MR) is 111 cm³/mol. The second kappa shape index (κ2) is 10.7. The van der Waals surface area contributed by atoms with Crippen molar-refractivity contribution in [2.75, 3.05) is 19.7 Å². The molecule has 0 bridgehead atoms. The number of aliphatic imine (C=N–C) groups is 1. The number of rotatable bonds is 11. The van der Waals surface area contributed by atoms with E-state index in [2.05, 4.69) is 52.9 Å². The van der Waals surface area contributed by atoms with Gasteiger partial charge in [0.15, 0.2) is 5.96 Å². The third-order valence-corrected chi connectivity index (χ3v) is 4.75. The Balaban J connectivity index is 1.48. The normalized spacial score (nSPS) is 14.1. The Bertz CT molecular complexity index is 739. The second-order valence-corrected chi connectivity index (χ2v) is 7.39. The van der Waals surface area contributed by atoms with Crippen molar-refractivity contribution in [3.63, 3.8) is 0 Å². The van der Waals surface area contributed by atoms with Gasteiger partial charge in [-0.05, 0) is 57.1 Å². The van der Waals surface area contributed by atoms with Crippen LogP contribution in [0.1, 0.15) is 43.7 Å². The van der Waals surface area contributed by atoms with E-state index < -0.39 is 0 Å². The highest BCUT2D eigenvalue weighted by Crippen LogP contribution is 2.30. The molecule has 1 aromatic carbocycles. The molecule has 2 aromatic rings. The summed E-state index contributed by atoms with van der Waals surface area (Å²) in [6.45, 7) is 8.27. The van der Waals surface area contributed by atoms with Gasteiger partial charge in [-0.3, -0.25) is 0 Å². The molecular formula is C21H32N6O. The number of guanidine groups is 1. The van der Waals surface area contributed by atoms with Crippen molar-refractivity contribution in [3.05, 3.63) is 42.0 Å². The maximum Gasteiger partial charge on any atom is 0.191 e. The molecule has 7 nitrogen and oxygen atoms in total. The van der Waals surface area contributed by atoms with E-state index in [0.29, 0.717) is 6.54 Å². The van der Waals surface area contributed by atoms with Crippen LogP contribution in [0.3, 0.4) is 0 Å². The van der Waals surface area contributed by atoms with E-state index in [4.69, 9.17) is 9.73 Å². The summed E-state index contributed by atoms with van der Waals surface area (Å²) in [5.41, 5.74) is 2.35. The van der Waals surface area contributed by atoms with Gasteiger partial charge in [0.2, 0.25) is 0 Å². The minimum Gasteiger partial charge on any atom is -0.493 e. The number of ether oxygens (including phenoxy) is 1. The molecule has 0 aliphatic heterocycles. The molecule has 0 spiro atoms. The van der Waals surface area contributed by atoms with E-state index in [-0.39, 0.29) is 0 Å². The Morgan fingerprint density at radius 3 is 2.79 bits per heavy atom. The maximum absolute atomic E-state index is 6.06. The van der Waals surface area contributed by atoms with E-state index >= 15 is 0 Å². The summed E-state index contributed by atoms with van der Waals surface area (Å²) in [4.78, 5) is 4.75. The van der Waals surface area contributed by atoms with Crippen LogP contribution < -0.4 is 15.4 Å². The van der Waals surface area contributed by atoms with Crippen LogP contribution in [0.5, 0.6) is 5.75 Å². The lowest BCUT2D eigenvalue weighted by molar-refractivity contribution is 0.296. The fraction of sp³-hybridized carbons (Fsp3) is 0.571. The Labute approximate surface area is 167 Å². The molecule has 3 rings (SSSR count). The number of aromatic nitrogens is 3. The SMILES string of the molecule is CCNC(=NCc1ccc(C)cc1OCC1CC1)NCCCCn1cnnc1. The highest BCUT2D eigenvalue weighted by atomic mass is 16.5. The number of aryl methyl sites for hydroxylation is 2. The van der Waals surface area contributed by atoms with Crippen molar-refractivity contribution in [2.24, 2.45) is 10.9 Å². The number of nitrogens with zero attached hydrogens (tertiary/aromatic N) is 4. The fourth-order valence-corrected chi connectivity index (χ4v) is 2.89. The van der Waals surface area contributed by atoms with E-state index in [1.165, 1.54) is 18.4 Å². The summed E-state index contributed by atoms with van der Waals surface area (Å²) < 4.78 is 8.06. The number of nitrogens with one attached hydrogen (secondary N) is 2. The monoisotopic (exact) mass is 384 g/mol. The van der Waals surface area contributed by atoms with E-state index in [0.717, 1.165) is 62.3 Å². The first-order chi connectivity index (χ1) is 13.7. The summed E-state index contributed by atoms with van der Waals surface area (Å²) in [6.07, 6.45) is 8.23. The average molecular weight is 385 g/mol. The van der Waals surface area contributed by atoms with Crippen molar-refractivity contribution in [2.45, 2.75) is 52.6 Å². The molecule has 1 fully saturated rings. The molecule has 28 heavy (non-hydrogen) atoms. The predicted octanol–water partition coefficient (Wildman–Crippen LogP) is 2.91. The van der Waals surface area contributed by atoms with E-state index in [1.807, 2.05) is 4.57 Å². The topological polar surface area (TPSA) is 76.4 Å². The van der Waals surface area contributed by atoms with Gasteiger partial charge in [0.05, 0.1) is 13.2 Å². The largest absolute Gasteiger partial charge is 0.493 e. The molecule has 152 valence electrons. The summed E-state index contributed by atoms with van der Waals surface area (Å²) in [5, 5.41) is 14.4. The van der Waals surface area contributed by atoms with Crippen LogP contribution in [0, 0.1) is 12.8 Å². The Hall–Kier alpha value is -2.57. The van der Waals surface area contributed by atoms with Gasteiger partial charge < -0.3 is 19.9 Å². The first-order valence-corrected chi connectivity index (χ1v) is 10.3. The lowest BCUT2D eigenvalue weighted by Crippen LogP contribution is -2.37. The molecule has 2 N–H and O–H groups in total. The molecule has 7 heteroatoms. The quantitative estimate of drug-likeness (QED) is 0.354. The van der Waals surface area contributed by atoms with Crippen LogP contribution in [0.2, 0.25) is 0 Å². The number of hydrogen-bond acceptors (Lipinski definition) is 4. The number of unbranched alkanes of at least 4 members (excludes halogenated alkanes) is 1. The number of benzene rings is 1. The van der Waals surface area contributed by atoms with Gasteiger partial charge in [-0.1, -0.05) is 12.1 Å². The summed E-state index contributed by atoms with van der Waals surface area (Å²) >= 11 is 0. The third-order valence-electron chi connectivity index (χ3n) is 4.75. The van der Waals surface area contributed by atoms with E-state index in [9.17, 15) is 0 Å². The highest BCUT2D eigenvalue weighted by molar-refractivity contribution is 5.79. The van der Waals surface area contributed by atoms with Crippen LogP contribution in [0.25, 0.3) is 0 Å².